The molecule has 5 heteroatoms. The molecule has 0 aromatic rings. The first kappa shape index (κ1) is 18.2. The highest BCUT2D eigenvalue weighted by molar-refractivity contribution is 5.77. The van der Waals surface area contributed by atoms with Crippen molar-refractivity contribution in [3.63, 3.8) is 0 Å². The predicted molar refractivity (Wildman–Crippen MR) is 96.1 cm³/mol. The number of hydrogen-bond donors (Lipinski definition) is 2. The Hall–Kier alpha value is -0.650. The summed E-state index contributed by atoms with van der Waals surface area (Å²) in [5, 5.41) is 6.53. The topological polar surface area (TPSA) is 53.6 Å². The van der Waals surface area contributed by atoms with Gasteiger partial charge in [0.2, 0.25) is 5.91 Å². The van der Waals surface area contributed by atoms with Crippen molar-refractivity contribution in [2.75, 3.05) is 39.3 Å². The van der Waals surface area contributed by atoms with E-state index >= 15 is 0 Å². The van der Waals surface area contributed by atoms with Crippen molar-refractivity contribution in [2.45, 2.75) is 75.9 Å². The molecule has 3 aliphatic rings. The van der Waals surface area contributed by atoms with Gasteiger partial charge in [0.15, 0.2) is 0 Å². The number of carbonyl (C=O) groups is 1. The zero-order valence-electron chi connectivity index (χ0n) is 15.2. The molecule has 2 saturated heterocycles. The van der Waals surface area contributed by atoms with Crippen LogP contribution in [-0.2, 0) is 9.53 Å². The van der Waals surface area contributed by atoms with Gasteiger partial charge in [0.25, 0.3) is 0 Å². The normalized spacial score (nSPS) is 26.2. The van der Waals surface area contributed by atoms with Gasteiger partial charge in [-0.25, -0.2) is 0 Å². The summed E-state index contributed by atoms with van der Waals surface area (Å²) in [6.45, 7) is 5.46. The fraction of sp³-hybridized carbons (Fsp3) is 0.947. The van der Waals surface area contributed by atoms with E-state index in [0.717, 1.165) is 32.5 Å². The Morgan fingerprint density at radius 2 is 1.71 bits per heavy atom. The molecule has 0 aromatic heterocycles. The highest BCUT2D eigenvalue weighted by atomic mass is 16.5. The number of rotatable bonds is 6. The highest BCUT2D eigenvalue weighted by Gasteiger charge is 2.38. The van der Waals surface area contributed by atoms with Gasteiger partial charge in [-0.15, -0.1) is 0 Å². The summed E-state index contributed by atoms with van der Waals surface area (Å²) in [5.74, 6) is 0.0653. The molecule has 0 aromatic carbocycles. The summed E-state index contributed by atoms with van der Waals surface area (Å²) in [5.41, 5.74) is 0.211. The first-order valence-electron chi connectivity index (χ1n) is 10.1. The minimum atomic E-state index is 0.0653. The lowest BCUT2D eigenvalue weighted by Crippen LogP contribution is -2.58. The molecule has 0 radical (unpaired) electrons. The molecule has 24 heavy (non-hydrogen) atoms. The zero-order chi connectivity index (χ0) is 16.7. The minimum absolute atomic E-state index is 0.0653. The van der Waals surface area contributed by atoms with E-state index in [2.05, 4.69) is 15.5 Å². The molecule has 1 saturated carbocycles. The lowest BCUT2D eigenvalue weighted by atomic mass is 9.79. The van der Waals surface area contributed by atoms with Gasteiger partial charge in [0.05, 0.1) is 6.10 Å². The van der Waals surface area contributed by atoms with Crippen molar-refractivity contribution < 1.29 is 9.53 Å². The van der Waals surface area contributed by atoms with Crippen LogP contribution in [-0.4, -0.2) is 61.8 Å². The lowest BCUT2D eigenvalue weighted by Gasteiger charge is -2.48. The van der Waals surface area contributed by atoms with Crippen LogP contribution in [0.15, 0.2) is 0 Å². The smallest absolute Gasteiger partial charge is 0.246 e. The van der Waals surface area contributed by atoms with Gasteiger partial charge in [0, 0.05) is 12.1 Å². The van der Waals surface area contributed by atoms with Crippen LogP contribution in [0.3, 0.4) is 0 Å². The maximum Gasteiger partial charge on any atom is 0.246 e. The molecule has 3 rings (SSSR count). The van der Waals surface area contributed by atoms with Gasteiger partial charge in [-0.05, 0) is 64.7 Å². The molecule has 1 amide bonds. The molecule has 2 aliphatic heterocycles. The van der Waals surface area contributed by atoms with Crippen LogP contribution >= 0.6 is 0 Å². The second-order valence-corrected chi connectivity index (χ2v) is 7.87. The van der Waals surface area contributed by atoms with E-state index in [-0.39, 0.29) is 24.2 Å². The molecule has 0 unspecified atom stereocenters. The second-order valence-electron chi connectivity index (χ2n) is 7.87. The summed E-state index contributed by atoms with van der Waals surface area (Å²) >= 11 is 0. The molecule has 138 valence electrons. The molecule has 3 fully saturated rings. The van der Waals surface area contributed by atoms with Crippen molar-refractivity contribution in [3.8, 4) is 0 Å². The van der Waals surface area contributed by atoms with Crippen LogP contribution in [0.25, 0.3) is 0 Å². The Morgan fingerprint density at radius 3 is 2.42 bits per heavy atom. The number of likely N-dealkylation sites (tertiary alicyclic amines) is 1. The Bertz CT molecular complexity index is 384. The monoisotopic (exact) mass is 337 g/mol. The van der Waals surface area contributed by atoms with Crippen molar-refractivity contribution in [2.24, 2.45) is 0 Å². The van der Waals surface area contributed by atoms with E-state index < -0.39 is 0 Å². The Labute approximate surface area is 146 Å². The van der Waals surface area contributed by atoms with Crippen LogP contribution in [0.4, 0.5) is 0 Å². The molecular weight excluding hydrogens is 302 g/mol. The molecule has 0 atom stereocenters. The minimum Gasteiger partial charge on any atom is -0.368 e. The lowest BCUT2D eigenvalue weighted by molar-refractivity contribution is -0.129. The van der Waals surface area contributed by atoms with Crippen LogP contribution < -0.4 is 10.6 Å². The fourth-order valence-electron chi connectivity index (χ4n) is 4.65. The second kappa shape index (κ2) is 9.16. The number of ether oxygens (including phenoxy) is 1. The Kier molecular flexibility index (Phi) is 6.93. The quantitative estimate of drug-likeness (QED) is 0.779. The molecule has 5 nitrogen and oxygen atoms in total. The third-order valence-corrected chi connectivity index (χ3v) is 6.16. The van der Waals surface area contributed by atoms with E-state index in [1.54, 1.807) is 0 Å². The van der Waals surface area contributed by atoms with E-state index in [0.29, 0.717) is 0 Å². The van der Waals surface area contributed by atoms with Gasteiger partial charge in [-0.2, -0.15) is 0 Å². The average molecular weight is 338 g/mol. The largest absolute Gasteiger partial charge is 0.368 e. The van der Waals surface area contributed by atoms with Crippen molar-refractivity contribution in [3.05, 3.63) is 0 Å². The third kappa shape index (κ3) is 4.93. The van der Waals surface area contributed by atoms with Gasteiger partial charge >= 0.3 is 0 Å². The number of amides is 1. The summed E-state index contributed by atoms with van der Waals surface area (Å²) < 4.78 is 5.80. The first-order chi connectivity index (χ1) is 11.8. The summed E-state index contributed by atoms with van der Waals surface area (Å²) in [7, 11) is 0. The van der Waals surface area contributed by atoms with Gasteiger partial charge in [-0.3, -0.25) is 9.69 Å². The predicted octanol–water partition coefficient (Wildman–Crippen LogP) is 2.06. The summed E-state index contributed by atoms with van der Waals surface area (Å²) in [6.07, 6.45) is 12.7. The van der Waals surface area contributed by atoms with Gasteiger partial charge in [-0.1, -0.05) is 25.7 Å². The average Bonchev–Trinajstić information content (AvgIpc) is 2.67. The van der Waals surface area contributed by atoms with Crippen LogP contribution in [0.2, 0.25) is 0 Å². The van der Waals surface area contributed by atoms with Crippen molar-refractivity contribution >= 4 is 5.91 Å². The van der Waals surface area contributed by atoms with E-state index in [1.165, 1.54) is 64.5 Å². The first-order valence-corrected chi connectivity index (χ1v) is 10.1. The maximum absolute atomic E-state index is 12.3. The number of carbonyl (C=O) groups excluding carboxylic acids is 1. The number of nitrogens with one attached hydrogen (secondary N) is 2. The zero-order valence-corrected chi connectivity index (χ0v) is 15.2. The highest BCUT2D eigenvalue weighted by Crippen LogP contribution is 2.35. The summed E-state index contributed by atoms with van der Waals surface area (Å²) in [4.78, 5) is 15.0. The SMILES string of the molecule is O=C(COC1CCNCC1)NCC1(N2CCCCC2)CCCCC1. The van der Waals surface area contributed by atoms with E-state index in [4.69, 9.17) is 4.74 Å². The third-order valence-electron chi connectivity index (χ3n) is 6.16. The van der Waals surface area contributed by atoms with Crippen molar-refractivity contribution in [1.29, 1.82) is 0 Å². The van der Waals surface area contributed by atoms with Gasteiger partial charge < -0.3 is 15.4 Å². The fourth-order valence-corrected chi connectivity index (χ4v) is 4.65. The van der Waals surface area contributed by atoms with E-state index in [1.807, 2.05) is 0 Å². The number of piperidine rings is 2. The van der Waals surface area contributed by atoms with Crippen LogP contribution in [0, 0.1) is 0 Å². The van der Waals surface area contributed by atoms with Crippen LogP contribution in [0.5, 0.6) is 0 Å². The number of hydrogen-bond acceptors (Lipinski definition) is 4. The Morgan fingerprint density at radius 1 is 1.04 bits per heavy atom. The molecule has 0 spiro atoms. The van der Waals surface area contributed by atoms with Crippen LogP contribution in [0.1, 0.15) is 64.2 Å². The molecular formula is C19H35N3O2. The number of nitrogens with zero attached hydrogens (tertiary/aromatic N) is 1. The summed E-state index contributed by atoms with van der Waals surface area (Å²) in [6, 6.07) is 0. The van der Waals surface area contributed by atoms with Gasteiger partial charge in [0.1, 0.15) is 6.61 Å². The van der Waals surface area contributed by atoms with Crippen molar-refractivity contribution in [1.82, 2.24) is 15.5 Å². The maximum atomic E-state index is 12.3. The van der Waals surface area contributed by atoms with E-state index in [9.17, 15) is 4.79 Å². The standard InChI is InChI=1S/C19H35N3O2/c23-18(15-24-17-7-11-20-12-8-17)21-16-19(9-3-1-4-10-19)22-13-5-2-6-14-22/h17,20H,1-16H2,(H,21,23). The molecule has 2 heterocycles. The molecule has 2 N–H and O–H groups in total. The molecule has 1 aliphatic carbocycles. The molecule has 0 bridgehead atoms. The Balaban J connectivity index is 1.46.